The standard InChI is InChI=1S/C18H23NO3/c1-18-7-6-13-12-5-3-11(20)8-10(12)2-4-14(13)15(18)9-16(19-22)17(18)21/h3,5,8,13-15,17,20-22H,2,4,6-7,9H2,1H3. The average Bonchev–Trinajstić information content (AvgIpc) is 2.78. The van der Waals surface area contributed by atoms with Crippen molar-refractivity contribution in [3.63, 3.8) is 0 Å². The normalized spacial score (nSPS) is 41.8. The fraction of sp³-hybridized carbons (Fsp3) is 0.611. The molecule has 1 aromatic carbocycles. The molecule has 4 rings (SSSR count). The van der Waals surface area contributed by atoms with Gasteiger partial charge in [0.1, 0.15) is 11.9 Å². The Labute approximate surface area is 130 Å². The second-order valence-corrected chi connectivity index (χ2v) is 7.54. The van der Waals surface area contributed by atoms with Crippen molar-refractivity contribution < 1.29 is 15.4 Å². The van der Waals surface area contributed by atoms with E-state index in [-0.39, 0.29) is 5.41 Å². The summed E-state index contributed by atoms with van der Waals surface area (Å²) in [7, 11) is 0. The van der Waals surface area contributed by atoms with Crippen LogP contribution in [0.25, 0.3) is 0 Å². The van der Waals surface area contributed by atoms with E-state index in [2.05, 4.69) is 18.1 Å². The number of phenols is 1. The van der Waals surface area contributed by atoms with Gasteiger partial charge < -0.3 is 15.4 Å². The van der Waals surface area contributed by atoms with E-state index in [1.165, 1.54) is 11.1 Å². The minimum absolute atomic E-state index is 0.156. The summed E-state index contributed by atoms with van der Waals surface area (Å²) in [5.74, 6) is 1.77. The first kappa shape index (κ1) is 14.1. The summed E-state index contributed by atoms with van der Waals surface area (Å²) in [6, 6.07) is 5.78. The van der Waals surface area contributed by atoms with Gasteiger partial charge in [-0.15, -0.1) is 0 Å². The summed E-state index contributed by atoms with van der Waals surface area (Å²) in [5, 5.41) is 32.8. The summed E-state index contributed by atoms with van der Waals surface area (Å²) in [5.41, 5.74) is 3.06. The average molecular weight is 301 g/mol. The SMILES string of the molecule is CC12CCC3c4ccc(O)cc4CCC3C1CC(=NO)C2O. The Kier molecular flexibility index (Phi) is 3.02. The lowest BCUT2D eigenvalue weighted by Gasteiger charge is -2.49. The third-order valence-electron chi connectivity index (χ3n) is 6.65. The molecule has 5 unspecified atom stereocenters. The van der Waals surface area contributed by atoms with Crippen molar-refractivity contribution in [1.29, 1.82) is 0 Å². The Morgan fingerprint density at radius 1 is 1.27 bits per heavy atom. The summed E-state index contributed by atoms with van der Waals surface area (Å²) in [6.45, 7) is 2.16. The van der Waals surface area contributed by atoms with Crippen LogP contribution in [-0.2, 0) is 6.42 Å². The van der Waals surface area contributed by atoms with Gasteiger partial charge in [-0.3, -0.25) is 0 Å². The van der Waals surface area contributed by atoms with Crippen LogP contribution in [0.15, 0.2) is 23.4 Å². The van der Waals surface area contributed by atoms with E-state index in [9.17, 15) is 15.4 Å². The van der Waals surface area contributed by atoms with Crippen LogP contribution in [0.5, 0.6) is 5.75 Å². The number of aliphatic hydroxyl groups is 1. The minimum atomic E-state index is -0.607. The van der Waals surface area contributed by atoms with Crippen LogP contribution in [0.2, 0.25) is 0 Å². The molecule has 0 bridgehead atoms. The van der Waals surface area contributed by atoms with Crippen molar-refractivity contribution in [2.45, 2.75) is 51.0 Å². The van der Waals surface area contributed by atoms with Gasteiger partial charge in [0.05, 0.1) is 5.71 Å². The highest BCUT2D eigenvalue weighted by Gasteiger charge is 2.57. The second kappa shape index (κ2) is 4.72. The monoisotopic (exact) mass is 301 g/mol. The van der Waals surface area contributed by atoms with Gasteiger partial charge in [0.2, 0.25) is 0 Å². The number of hydrogen-bond acceptors (Lipinski definition) is 4. The molecule has 3 aliphatic rings. The van der Waals surface area contributed by atoms with Crippen LogP contribution in [-0.4, -0.2) is 27.2 Å². The second-order valence-electron chi connectivity index (χ2n) is 7.54. The zero-order valence-corrected chi connectivity index (χ0v) is 12.9. The summed E-state index contributed by atoms with van der Waals surface area (Å²) in [6.07, 6.45) is 4.20. The Morgan fingerprint density at radius 3 is 2.86 bits per heavy atom. The highest BCUT2D eigenvalue weighted by atomic mass is 16.4. The van der Waals surface area contributed by atoms with Crippen LogP contribution >= 0.6 is 0 Å². The van der Waals surface area contributed by atoms with Gasteiger partial charge in [-0.2, -0.15) is 0 Å². The molecule has 0 aromatic heterocycles. The third kappa shape index (κ3) is 1.76. The fourth-order valence-electron chi connectivity index (χ4n) is 5.45. The molecule has 4 nitrogen and oxygen atoms in total. The maximum atomic E-state index is 10.5. The van der Waals surface area contributed by atoms with Gasteiger partial charge in [0.25, 0.3) is 0 Å². The Morgan fingerprint density at radius 2 is 2.09 bits per heavy atom. The maximum Gasteiger partial charge on any atom is 0.115 e. The number of oxime groups is 1. The molecule has 3 aliphatic carbocycles. The van der Waals surface area contributed by atoms with Crippen molar-refractivity contribution in [2.24, 2.45) is 22.4 Å². The minimum Gasteiger partial charge on any atom is -0.508 e. The number of benzene rings is 1. The van der Waals surface area contributed by atoms with Crippen molar-refractivity contribution in [3.8, 4) is 5.75 Å². The number of aromatic hydroxyl groups is 1. The number of aliphatic hydroxyl groups excluding tert-OH is 1. The molecule has 2 saturated carbocycles. The molecule has 0 aliphatic heterocycles. The van der Waals surface area contributed by atoms with Gasteiger partial charge in [0.15, 0.2) is 0 Å². The lowest BCUT2D eigenvalue weighted by molar-refractivity contribution is -0.0121. The fourth-order valence-corrected chi connectivity index (χ4v) is 5.45. The molecule has 118 valence electrons. The Balaban J connectivity index is 1.72. The predicted octanol–water partition coefficient (Wildman–Crippen LogP) is 3.05. The first-order valence-corrected chi connectivity index (χ1v) is 8.25. The van der Waals surface area contributed by atoms with E-state index < -0.39 is 6.10 Å². The molecule has 22 heavy (non-hydrogen) atoms. The van der Waals surface area contributed by atoms with Crippen molar-refractivity contribution in [2.75, 3.05) is 0 Å². The molecule has 5 atom stereocenters. The summed E-state index contributed by atoms with van der Waals surface area (Å²) >= 11 is 0. The third-order valence-corrected chi connectivity index (χ3v) is 6.65. The van der Waals surface area contributed by atoms with Gasteiger partial charge in [-0.05, 0) is 73.1 Å². The molecule has 0 radical (unpaired) electrons. The van der Waals surface area contributed by atoms with Gasteiger partial charge in [0, 0.05) is 5.41 Å². The first-order chi connectivity index (χ1) is 10.5. The number of hydrogen-bond donors (Lipinski definition) is 3. The molecule has 2 fully saturated rings. The van der Waals surface area contributed by atoms with E-state index in [1.54, 1.807) is 6.07 Å². The molecule has 0 spiro atoms. The predicted molar refractivity (Wildman–Crippen MR) is 83.3 cm³/mol. The Hall–Kier alpha value is -1.55. The number of nitrogens with zero attached hydrogens (tertiary/aromatic N) is 1. The molecule has 1 aromatic rings. The molecule has 0 saturated heterocycles. The Bertz CT molecular complexity index is 641. The topological polar surface area (TPSA) is 73.1 Å². The van der Waals surface area contributed by atoms with Crippen molar-refractivity contribution in [1.82, 2.24) is 0 Å². The van der Waals surface area contributed by atoms with Gasteiger partial charge in [-0.1, -0.05) is 18.1 Å². The zero-order chi connectivity index (χ0) is 15.5. The van der Waals surface area contributed by atoms with Crippen LogP contribution in [0.4, 0.5) is 0 Å². The van der Waals surface area contributed by atoms with E-state index >= 15 is 0 Å². The highest BCUT2D eigenvalue weighted by molar-refractivity contribution is 5.91. The van der Waals surface area contributed by atoms with Gasteiger partial charge in [-0.25, -0.2) is 0 Å². The number of rotatable bonds is 0. The lowest BCUT2D eigenvalue weighted by atomic mass is 9.55. The van der Waals surface area contributed by atoms with Crippen LogP contribution < -0.4 is 0 Å². The van der Waals surface area contributed by atoms with Crippen LogP contribution in [0, 0.1) is 17.3 Å². The van der Waals surface area contributed by atoms with E-state index in [1.807, 2.05) is 6.07 Å². The van der Waals surface area contributed by atoms with E-state index in [4.69, 9.17) is 0 Å². The first-order valence-electron chi connectivity index (χ1n) is 8.25. The largest absolute Gasteiger partial charge is 0.508 e. The summed E-state index contributed by atoms with van der Waals surface area (Å²) in [4.78, 5) is 0. The maximum absolute atomic E-state index is 10.5. The zero-order valence-electron chi connectivity index (χ0n) is 12.9. The van der Waals surface area contributed by atoms with Crippen molar-refractivity contribution >= 4 is 5.71 Å². The molecule has 0 amide bonds. The van der Waals surface area contributed by atoms with Gasteiger partial charge >= 0.3 is 0 Å². The number of phenolic OH excluding ortho intramolecular Hbond substituents is 1. The molecular weight excluding hydrogens is 278 g/mol. The quantitative estimate of drug-likeness (QED) is 0.509. The highest BCUT2D eigenvalue weighted by Crippen LogP contribution is 2.60. The van der Waals surface area contributed by atoms with E-state index in [0.29, 0.717) is 35.6 Å². The lowest BCUT2D eigenvalue weighted by Crippen LogP contribution is -2.44. The number of aryl methyl sites for hydroxylation is 1. The smallest absolute Gasteiger partial charge is 0.115 e. The molecule has 3 N–H and O–H groups in total. The van der Waals surface area contributed by atoms with Crippen molar-refractivity contribution in [3.05, 3.63) is 29.3 Å². The van der Waals surface area contributed by atoms with Crippen LogP contribution in [0.3, 0.4) is 0 Å². The molecular formula is C18H23NO3. The van der Waals surface area contributed by atoms with E-state index in [0.717, 1.165) is 25.7 Å². The molecule has 4 heteroatoms. The van der Waals surface area contributed by atoms with Crippen LogP contribution in [0.1, 0.15) is 49.7 Å². The summed E-state index contributed by atoms with van der Waals surface area (Å²) < 4.78 is 0. The number of fused-ring (bicyclic) bond motifs is 5. The molecule has 0 heterocycles.